The maximum absolute atomic E-state index is 3.92. The SMILES string of the molecule is C=C1NC=CNC1=NC. The zero-order valence-electron chi connectivity index (χ0n) is 5.31. The summed E-state index contributed by atoms with van der Waals surface area (Å²) in [5.41, 5.74) is 0.806. The van der Waals surface area contributed by atoms with Crippen molar-refractivity contribution >= 4 is 5.84 Å². The fourth-order valence-corrected chi connectivity index (χ4v) is 0.618. The first-order chi connectivity index (χ1) is 4.34. The van der Waals surface area contributed by atoms with E-state index < -0.39 is 0 Å². The van der Waals surface area contributed by atoms with Crippen molar-refractivity contribution < 1.29 is 0 Å². The van der Waals surface area contributed by atoms with Gasteiger partial charge in [-0.1, -0.05) is 6.58 Å². The number of nitrogens with one attached hydrogen (secondary N) is 2. The molecule has 9 heavy (non-hydrogen) atoms. The first-order valence-electron chi connectivity index (χ1n) is 2.69. The number of rotatable bonds is 0. The molecular weight excluding hydrogens is 114 g/mol. The highest BCUT2D eigenvalue weighted by Crippen LogP contribution is 1.91. The van der Waals surface area contributed by atoms with E-state index in [1.165, 1.54) is 0 Å². The molecule has 0 fully saturated rings. The molecule has 0 aromatic rings. The lowest BCUT2D eigenvalue weighted by atomic mass is 10.4. The Morgan fingerprint density at radius 1 is 1.44 bits per heavy atom. The van der Waals surface area contributed by atoms with Crippen LogP contribution in [0.3, 0.4) is 0 Å². The highest BCUT2D eigenvalue weighted by atomic mass is 15.1. The molecule has 0 bridgehead atoms. The van der Waals surface area contributed by atoms with Crippen LogP contribution in [0, 0.1) is 0 Å². The van der Waals surface area contributed by atoms with Crippen LogP contribution in [0.5, 0.6) is 0 Å². The summed E-state index contributed by atoms with van der Waals surface area (Å²) in [6.07, 6.45) is 3.55. The second-order valence-corrected chi connectivity index (χ2v) is 1.67. The molecule has 1 aliphatic heterocycles. The van der Waals surface area contributed by atoms with Crippen molar-refractivity contribution in [1.29, 1.82) is 0 Å². The summed E-state index contributed by atoms with van der Waals surface area (Å²) in [6.45, 7) is 3.71. The summed E-state index contributed by atoms with van der Waals surface area (Å²) < 4.78 is 0. The Morgan fingerprint density at radius 3 is 2.56 bits per heavy atom. The lowest BCUT2D eigenvalue weighted by molar-refractivity contribution is 1.03. The van der Waals surface area contributed by atoms with Crippen LogP contribution in [0.25, 0.3) is 0 Å². The highest BCUT2D eigenvalue weighted by Gasteiger charge is 2.01. The first-order valence-corrected chi connectivity index (χ1v) is 2.69. The van der Waals surface area contributed by atoms with Gasteiger partial charge in [0.2, 0.25) is 0 Å². The standard InChI is InChI=1S/C6H9N3/c1-5-6(7-2)9-4-3-8-5/h3-4,8H,1H2,2H3,(H,7,9). The number of nitrogens with zero attached hydrogens (tertiary/aromatic N) is 1. The zero-order valence-corrected chi connectivity index (χ0v) is 5.31. The Bertz CT molecular complexity index is 179. The smallest absolute Gasteiger partial charge is 0.148 e. The summed E-state index contributed by atoms with van der Waals surface area (Å²) in [5.74, 6) is 0.789. The Morgan fingerprint density at radius 2 is 2.11 bits per heavy atom. The van der Waals surface area contributed by atoms with Crippen LogP contribution >= 0.6 is 0 Å². The van der Waals surface area contributed by atoms with Crippen molar-refractivity contribution in [1.82, 2.24) is 10.6 Å². The molecular formula is C6H9N3. The van der Waals surface area contributed by atoms with E-state index in [0.717, 1.165) is 11.5 Å². The summed E-state index contributed by atoms with van der Waals surface area (Å²) in [7, 11) is 1.72. The number of amidine groups is 1. The van der Waals surface area contributed by atoms with Gasteiger partial charge in [0.1, 0.15) is 5.84 Å². The maximum Gasteiger partial charge on any atom is 0.148 e. The molecule has 0 saturated heterocycles. The Balaban J connectivity index is 2.76. The molecule has 0 atom stereocenters. The molecule has 0 aromatic heterocycles. The van der Waals surface area contributed by atoms with Gasteiger partial charge in [-0.15, -0.1) is 0 Å². The molecule has 2 N–H and O–H groups in total. The topological polar surface area (TPSA) is 36.4 Å². The van der Waals surface area contributed by atoms with Crippen molar-refractivity contribution in [2.45, 2.75) is 0 Å². The lowest BCUT2D eigenvalue weighted by Gasteiger charge is -2.12. The molecule has 0 unspecified atom stereocenters. The van der Waals surface area contributed by atoms with Crippen LogP contribution in [-0.2, 0) is 0 Å². The Kier molecular flexibility index (Phi) is 1.53. The third kappa shape index (κ3) is 1.10. The maximum atomic E-state index is 3.92. The normalized spacial score (nSPS) is 21.4. The van der Waals surface area contributed by atoms with Crippen molar-refractivity contribution in [2.24, 2.45) is 4.99 Å². The number of hydrogen-bond donors (Lipinski definition) is 2. The molecule has 3 heteroatoms. The molecule has 1 heterocycles. The van der Waals surface area contributed by atoms with Gasteiger partial charge in [0, 0.05) is 19.4 Å². The van der Waals surface area contributed by atoms with Crippen molar-refractivity contribution in [3.8, 4) is 0 Å². The van der Waals surface area contributed by atoms with E-state index in [1.807, 2.05) is 0 Å². The molecule has 1 aliphatic rings. The van der Waals surface area contributed by atoms with Gasteiger partial charge in [0.15, 0.2) is 0 Å². The van der Waals surface area contributed by atoms with Gasteiger partial charge >= 0.3 is 0 Å². The van der Waals surface area contributed by atoms with E-state index in [2.05, 4.69) is 22.2 Å². The third-order valence-electron chi connectivity index (χ3n) is 1.07. The Hall–Kier alpha value is -1.25. The lowest BCUT2D eigenvalue weighted by Crippen LogP contribution is -2.30. The second-order valence-electron chi connectivity index (χ2n) is 1.67. The molecule has 0 amide bonds. The molecule has 1 rings (SSSR count). The summed E-state index contributed by atoms with van der Waals surface area (Å²) in [6, 6.07) is 0. The minimum atomic E-state index is 0.789. The molecule has 0 aliphatic carbocycles. The number of aliphatic imine (C=N–C) groups is 1. The van der Waals surface area contributed by atoms with Crippen LogP contribution in [0.15, 0.2) is 29.7 Å². The van der Waals surface area contributed by atoms with Crippen LogP contribution < -0.4 is 10.6 Å². The van der Waals surface area contributed by atoms with E-state index in [-0.39, 0.29) is 0 Å². The molecule has 3 nitrogen and oxygen atoms in total. The van der Waals surface area contributed by atoms with Crippen molar-refractivity contribution in [3.63, 3.8) is 0 Å². The predicted octanol–water partition coefficient (Wildman–Crippen LogP) is 0.192. The molecule has 0 aromatic carbocycles. The highest BCUT2D eigenvalue weighted by molar-refractivity contribution is 5.98. The molecule has 0 spiro atoms. The zero-order chi connectivity index (χ0) is 6.69. The van der Waals surface area contributed by atoms with Crippen molar-refractivity contribution in [3.05, 3.63) is 24.7 Å². The van der Waals surface area contributed by atoms with Gasteiger partial charge in [-0.3, -0.25) is 4.99 Å². The molecule has 0 saturated carbocycles. The molecule has 48 valence electrons. The van der Waals surface area contributed by atoms with Crippen molar-refractivity contribution in [2.75, 3.05) is 7.05 Å². The third-order valence-corrected chi connectivity index (χ3v) is 1.07. The van der Waals surface area contributed by atoms with Crippen LogP contribution in [0.1, 0.15) is 0 Å². The van der Waals surface area contributed by atoms with Gasteiger partial charge in [0.25, 0.3) is 0 Å². The summed E-state index contributed by atoms with van der Waals surface area (Å²) in [5, 5.41) is 5.84. The molecule has 0 radical (unpaired) electrons. The van der Waals surface area contributed by atoms with E-state index in [9.17, 15) is 0 Å². The largest absolute Gasteiger partial charge is 0.358 e. The van der Waals surface area contributed by atoms with Gasteiger partial charge in [-0.25, -0.2) is 0 Å². The minimum absolute atomic E-state index is 0.789. The minimum Gasteiger partial charge on any atom is -0.358 e. The second kappa shape index (κ2) is 2.35. The predicted molar refractivity (Wildman–Crippen MR) is 37.9 cm³/mol. The summed E-state index contributed by atoms with van der Waals surface area (Å²) in [4.78, 5) is 3.92. The van der Waals surface area contributed by atoms with Gasteiger partial charge in [-0.2, -0.15) is 0 Å². The van der Waals surface area contributed by atoms with E-state index in [4.69, 9.17) is 0 Å². The van der Waals surface area contributed by atoms with Crippen LogP contribution in [-0.4, -0.2) is 12.9 Å². The fraction of sp³-hybridized carbons (Fsp3) is 0.167. The monoisotopic (exact) mass is 123 g/mol. The van der Waals surface area contributed by atoms with Crippen LogP contribution in [0.4, 0.5) is 0 Å². The quantitative estimate of drug-likeness (QED) is 0.482. The van der Waals surface area contributed by atoms with Crippen LogP contribution in [0.2, 0.25) is 0 Å². The van der Waals surface area contributed by atoms with Gasteiger partial charge < -0.3 is 10.6 Å². The van der Waals surface area contributed by atoms with E-state index >= 15 is 0 Å². The average Bonchev–Trinajstić information content (AvgIpc) is 1.89. The fourth-order valence-electron chi connectivity index (χ4n) is 0.618. The Labute approximate surface area is 54.2 Å². The van der Waals surface area contributed by atoms with Gasteiger partial charge in [-0.05, 0) is 0 Å². The first kappa shape index (κ1) is 5.88. The van der Waals surface area contributed by atoms with E-state index in [0.29, 0.717) is 0 Å². The number of hydrogen-bond acceptors (Lipinski definition) is 2. The van der Waals surface area contributed by atoms with Gasteiger partial charge in [0.05, 0.1) is 5.70 Å². The average molecular weight is 123 g/mol. The van der Waals surface area contributed by atoms with E-state index in [1.54, 1.807) is 19.4 Å². The summed E-state index contributed by atoms with van der Waals surface area (Å²) >= 11 is 0.